The van der Waals surface area contributed by atoms with Gasteiger partial charge in [0.2, 0.25) is 0 Å². The van der Waals surface area contributed by atoms with Gasteiger partial charge in [-0.25, -0.2) is 0 Å². The zero-order chi connectivity index (χ0) is 14.1. The largest absolute Gasteiger partial charge is 0.471 e. The molecular weight excluding hydrogens is 249 g/mol. The summed E-state index contributed by atoms with van der Waals surface area (Å²) in [6.07, 6.45) is -5.01. The molecule has 0 spiro atoms. The summed E-state index contributed by atoms with van der Waals surface area (Å²) in [5, 5.41) is 14.3. The number of halogens is 3. The normalized spacial score (nSPS) is 11.4. The Balaban J connectivity index is 3.17. The number of carbonyl (C=O) groups is 1. The van der Waals surface area contributed by atoms with Gasteiger partial charge in [-0.2, -0.15) is 23.5 Å². The number of alkyl halides is 3. The van der Waals surface area contributed by atoms with Crippen LogP contribution in [0.15, 0.2) is 0 Å². The van der Waals surface area contributed by atoms with Crippen LogP contribution in [0.4, 0.5) is 19.0 Å². The molecule has 0 saturated heterocycles. The van der Waals surface area contributed by atoms with E-state index in [0.29, 0.717) is 5.69 Å². The molecule has 1 heterocycles. The molecule has 0 aliphatic heterocycles. The molecule has 8 heteroatoms. The second-order valence-corrected chi connectivity index (χ2v) is 3.95. The number of nitrogens with one attached hydrogen (secondary N) is 1. The van der Waals surface area contributed by atoms with Crippen molar-refractivity contribution in [3.05, 3.63) is 11.3 Å². The minimum absolute atomic E-state index is 0.0508. The van der Waals surface area contributed by atoms with E-state index >= 15 is 0 Å². The lowest BCUT2D eigenvalue weighted by molar-refractivity contribution is -0.167. The van der Waals surface area contributed by atoms with Crippen molar-refractivity contribution in [3.63, 3.8) is 0 Å². The molecule has 0 aromatic carbocycles. The molecule has 0 unspecified atom stereocenters. The van der Waals surface area contributed by atoms with Crippen molar-refractivity contribution in [1.82, 2.24) is 9.78 Å². The van der Waals surface area contributed by atoms with Crippen molar-refractivity contribution in [1.29, 1.82) is 5.26 Å². The molecule has 0 atom stereocenters. The fourth-order valence-corrected chi connectivity index (χ4v) is 1.58. The van der Waals surface area contributed by atoms with Gasteiger partial charge in [-0.05, 0) is 5.92 Å². The summed E-state index contributed by atoms with van der Waals surface area (Å²) in [5.41, 5.74) is 0.417. The minimum Gasteiger partial charge on any atom is -0.300 e. The van der Waals surface area contributed by atoms with Gasteiger partial charge in [0.15, 0.2) is 5.82 Å². The molecule has 0 aliphatic rings. The Hall–Kier alpha value is -2.04. The first-order chi connectivity index (χ1) is 8.18. The summed E-state index contributed by atoms with van der Waals surface area (Å²) in [4.78, 5) is 10.8. The molecule has 0 fully saturated rings. The van der Waals surface area contributed by atoms with E-state index in [1.54, 1.807) is 25.2 Å². The van der Waals surface area contributed by atoms with E-state index in [-0.39, 0.29) is 17.3 Å². The van der Waals surface area contributed by atoms with Crippen LogP contribution in [0.5, 0.6) is 0 Å². The molecule has 1 aromatic heterocycles. The maximum atomic E-state index is 12.1. The highest BCUT2D eigenvalue weighted by atomic mass is 19.4. The highest BCUT2D eigenvalue weighted by molar-refractivity contribution is 5.95. The molecular formula is C10H11F3N4O. The van der Waals surface area contributed by atoms with Gasteiger partial charge >= 0.3 is 12.1 Å². The summed E-state index contributed by atoms with van der Waals surface area (Å²) in [7, 11) is 1.50. The molecule has 0 radical (unpaired) electrons. The van der Waals surface area contributed by atoms with Crippen LogP contribution < -0.4 is 5.32 Å². The monoisotopic (exact) mass is 260 g/mol. The Morgan fingerprint density at radius 3 is 2.44 bits per heavy atom. The van der Waals surface area contributed by atoms with E-state index in [0.717, 1.165) is 0 Å². The average Bonchev–Trinajstić information content (AvgIpc) is 2.52. The third-order valence-corrected chi connectivity index (χ3v) is 2.24. The highest BCUT2D eigenvalue weighted by Gasteiger charge is 2.39. The van der Waals surface area contributed by atoms with Gasteiger partial charge in [0.25, 0.3) is 0 Å². The maximum absolute atomic E-state index is 12.1. The van der Waals surface area contributed by atoms with Crippen molar-refractivity contribution in [2.45, 2.75) is 25.9 Å². The van der Waals surface area contributed by atoms with E-state index in [2.05, 4.69) is 5.10 Å². The van der Waals surface area contributed by atoms with Gasteiger partial charge in [0.1, 0.15) is 11.6 Å². The first-order valence-corrected chi connectivity index (χ1v) is 5.03. The second-order valence-electron chi connectivity index (χ2n) is 3.95. The number of nitrogens with zero attached hydrogens (tertiary/aromatic N) is 3. The van der Waals surface area contributed by atoms with Crippen molar-refractivity contribution in [2.24, 2.45) is 7.05 Å². The van der Waals surface area contributed by atoms with E-state index in [1.165, 1.54) is 11.7 Å². The molecule has 5 nitrogen and oxygen atoms in total. The Kier molecular flexibility index (Phi) is 3.65. The minimum atomic E-state index is -5.01. The number of nitriles is 1. The van der Waals surface area contributed by atoms with Crippen LogP contribution in [0.1, 0.15) is 31.0 Å². The predicted molar refractivity (Wildman–Crippen MR) is 56.7 cm³/mol. The zero-order valence-electron chi connectivity index (χ0n) is 9.96. The van der Waals surface area contributed by atoms with Gasteiger partial charge in [-0.3, -0.25) is 9.48 Å². The molecule has 0 bridgehead atoms. The van der Waals surface area contributed by atoms with Crippen LogP contribution in [0.25, 0.3) is 0 Å². The number of aryl methyl sites for hydroxylation is 1. The number of amides is 1. The van der Waals surface area contributed by atoms with Gasteiger partial charge in [-0.1, -0.05) is 13.8 Å². The van der Waals surface area contributed by atoms with Gasteiger partial charge in [0.05, 0.1) is 5.69 Å². The molecule has 0 saturated carbocycles. The molecule has 0 aliphatic carbocycles. The lowest BCUT2D eigenvalue weighted by Crippen LogP contribution is -2.30. The summed E-state index contributed by atoms with van der Waals surface area (Å²) in [6, 6.07) is 1.76. The van der Waals surface area contributed by atoms with Crippen molar-refractivity contribution in [2.75, 3.05) is 5.32 Å². The Labute approximate surface area is 101 Å². The fraction of sp³-hybridized carbons (Fsp3) is 0.500. The lowest BCUT2D eigenvalue weighted by atomic mass is 10.1. The molecule has 1 aromatic rings. The molecule has 1 N–H and O–H groups in total. The maximum Gasteiger partial charge on any atom is 0.471 e. The van der Waals surface area contributed by atoms with E-state index in [4.69, 9.17) is 5.26 Å². The predicted octanol–water partition coefficient (Wildman–Crippen LogP) is 1.92. The number of hydrogen-bond acceptors (Lipinski definition) is 3. The summed E-state index contributed by atoms with van der Waals surface area (Å²) < 4.78 is 37.6. The fourth-order valence-electron chi connectivity index (χ4n) is 1.58. The lowest BCUT2D eigenvalue weighted by Gasteiger charge is -2.06. The highest BCUT2D eigenvalue weighted by Crippen LogP contribution is 2.26. The number of anilines is 1. The topological polar surface area (TPSA) is 70.7 Å². The third kappa shape index (κ3) is 2.61. The van der Waals surface area contributed by atoms with Gasteiger partial charge < -0.3 is 5.32 Å². The van der Waals surface area contributed by atoms with Crippen LogP contribution in [0.3, 0.4) is 0 Å². The molecule has 1 rings (SSSR count). The quantitative estimate of drug-likeness (QED) is 0.883. The van der Waals surface area contributed by atoms with Crippen LogP contribution >= 0.6 is 0 Å². The van der Waals surface area contributed by atoms with Crippen molar-refractivity contribution in [3.8, 4) is 6.07 Å². The van der Waals surface area contributed by atoms with E-state index in [9.17, 15) is 18.0 Å². The standard InChI is InChI=1S/C10H11F3N4O/c1-5(2)7-6(4-14)8(16-17(7)3)15-9(18)10(11,12)13/h5H,1-3H3,(H,15,16,18). The first kappa shape index (κ1) is 14.0. The Bertz CT molecular complexity index is 510. The summed E-state index contributed by atoms with van der Waals surface area (Å²) in [6.45, 7) is 3.54. The van der Waals surface area contributed by atoms with E-state index < -0.39 is 12.1 Å². The Morgan fingerprint density at radius 2 is 2.06 bits per heavy atom. The summed E-state index contributed by atoms with van der Waals surface area (Å²) in [5.74, 6) is -2.62. The van der Waals surface area contributed by atoms with E-state index in [1.807, 2.05) is 0 Å². The number of carbonyl (C=O) groups excluding carboxylic acids is 1. The molecule has 1 amide bonds. The third-order valence-electron chi connectivity index (χ3n) is 2.24. The number of hydrogen-bond donors (Lipinski definition) is 1. The smallest absolute Gasteiger partial charge is 0.300 e. The van der Waals surface area contributed by atoms with Crippen LogP contribution in [0.2, 0.25) is 0 Å². The van der Waals surface area contributed by atoms with Crippen molar-refractivity contribution >= 4 is 11.7 Å². The van der Waals surface area contributed by atoms with Crippen LogP contribution in [0, 0.1) is 11.3 Å². The number of rotatable bonds is 2. The SMILES string of the molecule is CC(C)c1c(C#N)c(NC(=O)C(F)(F)F)nn1C. The number of aromatic nitrogens is 2. The summed E-state index contributed by atoms with van der Waals surface area (Å²) >= 11 is 0. The average molecular weight is 260 g/mol. The zero-order valence-corrected chi connectivity index (χ0v) is 9.96. The van der Waals surface area contributed by atoms with Crippen molar-refractivity contribution < 1.29 is 18.0 Å². The first-order valence-electron chi connectivity index (χ1n) is 5.03. The van der Waals surface area contributed by atoms with Gasteiger partial charge in [-0.15, -0.1) is 0 Å². The van der Waals surface area contributed by atoms with Gasteiger partial charge in [0, 0.05) is 7.05 Å². The van der Waals surface area contributed by atoms with Crippen LogP contribution in [-0.2, 0) is 11.8 Å². The Morgan fingerprint density at radius 1 is 1.50 bits per heavy atom. The van der Waals surface area contributed by atoms with Crippen LogP contribution in [-0.4, -0.2) is 21.9 Å². The molecule has 98 valence electrons. The molecule has 18 heavy (non-hydrogen) atoms. The second kappa shape index (κ2) is 4.68.